The van der Waals surface area contributed by atoms with E-state index in [0.29, 0.717) is 0 Å². The molecule has 0 spiro atoms. The fourth-order valence-electron chi connectivity index (χ4n) is 1.64. The van der Waals surface area contributed by atoms with E-state index in [4.69, 9.17) is 0 Å². The summed E-state index contributed by atoms with van der Waals surface area (Å²) in [4.78, 5) is 10.2. The SMILES string of the molecule is CCNc1cc(NCc2cc(Br)cs2)nc(CC)n1. The molecule has 0 aliphatic rings. The number of aromatic nitrogens is 2. The van der Waals surface area contributed by atoms with Crippen LogP contribution >= 0.6 is 27.3 Å². The van der Waals surface area contributed by atoms with Crippen LogP contribution < -0.4 is 10.6 Å². The van der Waals surface area contributed by atoms with E-state index in [0.717, 1.165) is 41.4 Å². The molecule has 0 aromatic carbocycles. The first kappa shape index (κ1) is 14.3. The fourth-order valence-corrected chi connectivity index (χ4v) is 3.03. The van der Waals surface area contributed by atoms with Gasteiger partial charge in [-0.3, -0.25) is 0 Å². The summed E-state index contributed by atoms with van der Waals surface area (Å²) in [6.07, 6.45) is 0.832. The third-order valence-corrected chi connectivity index (χ3v) is 4.21. The van der Waals surface area contributed by atoms with Gasteiger partial charge in [0.15, 0.2) is 0 Å². The second-order valence-corrected chi connectivity index (χ2v) is 5.93. The first-order valence-electron chi connectivity index (χ1n) is 6.30. The minimum Gasteiger partial charge on any atom is -0.370 e. The third kappa shape index (κ3) is 4.18. The minimum absolute atomic E-state index is 0.780. The number of aryl methyl sites for hydroxylation is 1. The van der Waals surface area contributed by atoms with Gasteiger partial charge in [-0.15, -0.1) is 11.3 Å². The molecule has 2 aromatic heterocycles. The topological polar surface area (TPSA) is 49.8 Å². The Hall–Kier alpha value is -1.14. The summed E-state index contributed by atoms with van der Waals surface area (Å²) in [5, 5.41) is 8.66. The van der Waals surface area contributed by atoms with Gasteiger partial charge in [-0.25, -0.2) is 9.97 Å². The molecule has 102 valence electrons. The van der Waals surface area contributed by atoms with E-state index in [1.807, 2.05) is 6.07 Å². The van der Waals surface area contributed by atoms with E-state index in [1.54, 1.807) is 11.3 Å². The van der Waals surface area contributed by atoms with Gasteiger partial charge in [0, 0.05) is 33.8 Å². The third-order valence-electron chi connectivity index (χ3n) is 2.51. The molecular formula is C13H17BrN4S. The van der Waals surface area contributed by atoms with Gasteiger partial charge in [0.2, 0.25) is 0 Å². The minimum atomic E-state index is 0.780. The van der Waals surface area contributed by atoms with E-state index in [1.165, 1.54) is 4.88 Å². The molecule has 0 saturated heterocycles. The molecule has 19 heavy (non-hydrogen) atoms. The molecule has 0 saturated carbocycles. The van der Waals surface area contributed by atoms with Gasteiger partial charge in [0.05, 0.1) is 6.54 Å². The molecule has 0 atom stereocenters. The Labute approximate surface area is 125 Å². The van der Waals surface area contributed by atoms with E-state index >= 15 is 0 Å². The maximum absolute atomic E-state index is 4.49. The van der Waals surface area contributed by atoms with Gasteiger partial charge in [0.25, 0.3) is 0 Å². The predicted octanol–water partition coefficient (Wildman–Crippen LogP) is 3.91. The van der Waals surface area contributed by atoms with E-state index in [9.17, 15) is 0 Å². The summed E-state index contributed by atoms with van der Waals surface area (Å²) in [5.41, 5.74) is 0. The molecule has 2 rings (SSSR count). The quantitative estimate of drug-likeness (QED) is 0.836. The lowest BCUT2D eigenvalue weighted by Crippen LogP contribution is -2.07. The smallest absolute Gasteiger partial charge is 0.132 e. The van der Waals surface area contributed by atoms with Crippen LogP contribution in [0.3, 0.4) is 0 Å². The number of hydrogen-bond donors (Lipinski definition) is 2. The lowest BCUT2D eigenvalue weighted by Gasteiger charge is -2.09. The van der Waals surface area contributed by atoms with Crippen LogP contribution in [0.2, 0.25) is 0 Å². The number of rotatable bonds is 6. The van der Waals surface area contributed by atoms with Crippen LogP contribution in [0.4, 0.5) is 11.6 Å². The molecule has 0 unspecified atom stereocenters. The monoisotopic (exact) mass is 340 g/mol. The van der Waals surface area contributed by atoms with Gasteiger partial charge >= 0.3 is 0 Å². The molecular weight excluding hydrogens is 324 g/mol. The van der Waals surface area contributed by atoms with Crippen molar-refractivity contribution in [1.29, 1.82) is 0 Å². The normalized spacial score (nSPS) is 10.5. The highest BCUT2D eigenvalue weighted by atomic mass is 79.9. The van der Waals surface area contributed by atoms with Gasteiger partial charge in [0.1, 0.15) is 17.5 Å². The summed E-state index contributed by atoms with van der Waals surface area (Å²) in [6.45, 7) is 5.76. The van der Waals surface area contributed by atoms with Crippen LogP contribution in [-0.4, -0.2) is 16.5 Å². The largest absolute Gasteiger partial charge is 0.370 e. The molecule has 6 heteroatoms. The van der Waals surface area contributed by atoms with Crippen molar-refractivity contribution in [2.24, 2.45) is 0 Å². The van der Waals surface area contributed by atoms with Gasteiger partial charge in [-0.05, 0) is 28.9 Å². The summed E-state index contributed by atoms with van der Waals surface area (Å²) in [7, 11) is 0. The summed E-state index contributed by atoms with van der Waals surface area (Å²) < 4.78 is 1.12. The van der Waals surface area contributed by atoms with Crippen LogP contribution in [0.1, 0.15) is 24.5 Å². The zero-order valence-electron chi connectivity index (χ0n) is 11.0. The Morgan fingerprint density at radius 1 is 1.16 bits per heavy atom. The molecule has 0 aliphatic carbocycles. The zero-order valence-corrected chi connectivity index (χ0v) is 13.4. The molecule has 0 bridgehead atoms. The average molecular weight is 341 g/mol. The van der Waals surface area contributed by atoms with E-state index in [2.05, 4.69) is 61.8 Å². The zero-order chi connectivity index (χ0) is 13.7. The van der Waals surface area contributed by atoms with Crippen LogP contribution in [0.15, 0.2) is 22.0 Å². The molecule has 2 N–H and O–H groups in total. The number of halogens is 1. The van der Waals surface area contributed by atoms with Crippen molar-refractivity contribution in [3.8, 4) is 0 Å². The predicted molar refractivity (Wildman–Crippen MR) is 84.9 cm³/mol. The molecule has 0 radical (unpaired) electrons. The average Bonchev–Trinajstić information content (AvgIpc) is 2.82. The number of nitrogens with zero attached hydrogens (tertiary/aromatic N) is 2. The van der Waals surface area contributed by atoms with E-state index < -0.39 is 0 Å². The van der Waals surface area contributed by atoms with Crippen LogP contribution in [0, 0.1) is 0 Å². The fraction of sp³-hybridized carbons (Fsp3) is 0.385. The van der Waals surface area contributed by atoms with Gasteiger partial charge < -0.3 is 10.6 Å². The number of anilines is 2. The van der Waals surface area contributed by atoms with Crippen molar-refractivity contribution < 1.29 is 0 Å². The molecule has 2 aromatic rings. The second-order valence-electron chi connectivity index (χ2n) is 4.02. The first-order valence-corrected chi connectivity index (χ1v) is 7.97. The first-order chi connectivity index (χ1) is 9.21. The maximum atomic E-state index is 4.49. The Bertz CT molecular complexity index is 541. The Balaban J connectivity index is 2.08. The summed E-state index contributed by atoms with van der Waals surface area (Å²) in [5.74, 6) is 2.60. The number of hydrogen-bond acceptors (Lipinski definition) is 5. The molecule has 2 heterocycles. The van der Waals surface area contributed by atoms with Crippen molar-refractivity contribution in [1.82, 2.24) is 9.97 Å². The highest BCUT2D eigenvalue weighted by Crippen LogP contribution is 2.21. The maximum Gasteiger partial charge on any atom is 0.132 e. The number of nitrogens with one attached hydrogen (secondary N) is 2. The van der Waals surface area contributed by atoms with Crippen molar-refractivity contribution in [2.45, 2.75) is 26.8 Å². The Morgan fingerprint density at radius 2 is 1.89 bits per heavy atom. The van der Waals surface area contributed by atoms with Crippen LogP contribution in [0.5, 0.6) is 0 Å². The van der Waals surface area contributed by atoms with Crippen molar-refractivity contribution >= 4 is 38.9 Å². The lowest BCUT2D eigenvalue weighted by atomic mass is 10.4. The standard InChI is InChI=1S/C13H17BrN4S/c1-3-11-17-12(15-4-2)6-13(18-11)16-7-10-5-9(14)8-19-10/h5-6,8H,3-4,7H2,1-2H3,(H2,15,16,17,18). The highest BCUT2D eigenvalue weighted by Gasteiger charge is 2.04. The van der Waals surface area contributed by atoms with Gasteiger partial charge in [-0.1, -0.05) is 6.92 Å². The number of thiophene rings is 1. The van der Waals surface area contributed by atoms with Crippen LogP contribution in [0.25, 0.3) is 0 Å². The Kier molecular flexibility index (Phi) is 5.15. The summed E-state index contributed by atoms with van der Waals surface area (Å²) in [6, 6.07) is 4.07. The highest BCUT2D eigenvalue weighted by molar-refractivity contribution is 9.10. The summed E-state index contributed by atoms with van der Waals surface area (Å²) >= 11 is 5.19. The lowest BCUT2D eigenvalue weighted by molar-refractivity contribution is 0.931. The second kappa shape index (κ2) is 6.86. The van der Waals surface area contributed by atoms with Crippen molar-refractivity contribution in [3.05, 3.63) is 32.7 Å². The van der Waals surface area contributed by atoms with E-state index in [-0.39, 0.29) is 0 Å². The molecule has 0 fully saturated rings. The van der Waals surface area contributed by atoms with Gasteiger partial charge in [-0.2, -0.15) is 0 Å². The van der Waals surface area contributed by atoms with Crippen LogP contribution in [-0.2, 0) is 13.0 Å². The Morgan fingerprint density at radius 3 is 2.47 bits per heavy atom. The molecule has 4 nitrogen and oxygen atoms in total. The van der Waals surface area contributed by atoms with Crippen molar-refractivity contribution in [3.63, 3.8) is 0 Å². The molecule has 0 amide bonds. The molecule has 0 aliphatic heterocycles. The van der Waals surface area contributed by atoms with Crippen molar-refractivity contribution in [2.75, 3.05) is 17.2 Å².